The predicted molar refractivity (Wildman–Crippen MR) is 91.0 cm³/mol. The minimum atomic E-state index is -0.720. The molecule has 0 spiro atoms. The van der Waals surface area contributed by atoms with E-state index in [1.807, 2.05) is 31.2 Å². The number of carbonyl (C=O) groups is 2. The van der Waals surface area contributed by atoms with E-state index in [1.165, 1.54) is 6.42 Å². The fourth-order valence-corrected chi connectivity index (χ4v) is 1.78. The lowest BCUT2D eigenvalue weighted by Crippen LogP contribution is -2.39. The Kier molecular flexibility index (Phi) is 6.88. The molecular formula is C17H26N3O3. The highest BCUT2D eigenvalue weighted by atomic mass is 16.5. The van der Waals surface area contributed by atoms with Crippen molar-refractivity contribution in [2.45, 2.75) is 33.2 Å². The van der Waals surface area contributed by atoms with Crippen molar-refractivity contribution in [3.63, 3.8) is 0 Å². The second-order valence-corrected chi connectivity index (χ2v) is 6.18. The summed E-state index contributed by atoms with van der Waals surface area (Å²) < 4.78 is 5.10. The van der Waals surface area contributed by atoms with Gasteiger partial charge in [0.2, 0.25) is 11.8 Å². The molecule has 0 heterocycles. The third-order valence-electron chi connectivity index (χ3n) is 3.56. The molecule has 0 aliphatic rings. The molecule has 2 amide bonds. The second-order valence-electron chi connectivity index (χ2n) is 6.18. The highest BCUT2D eigenvalue weighted by Crippen LogP contribution is 2.20. The first-order chi connectivity index (χ1) is 10.7. The van der Waals surface area contributed by atoms with E-state index < -0.39 is 11.3 Å². The minimum Gasteiger partial charge on any atom is -0.497 e. The van der Waals surface area contributed by atoms with Gasteiger partial charge in [0.05, 0.1) is 13.5 Å². The molecule has 0 aromatic heterocycles. The number of anilines is 1. The normalized spacial score (nSPS) is 12.3. The van der Waals surface area contributed by atoms with Crippen molar-refractivity contribution >= 4 is 17.5 Å². The van der Waals surface area contributed by atoms with Gasteiger partial charge in [-0.2, -0.15) is 0 Å². The Hall–Kier alpha value is -2.24. The number of ether oxygens (including phenoxy) is 1. The van der Waals surface area contributed by atoms with Gasteiger partial charge in [-0.15, -0.1) is 0 Å². The summed E-state index contributed by atoms with van der Waals surface area (Å²) in [5.41, 5.74) is 5.51. The van der Waals surface area contributed by atoms with E-state index in [2.05, 4.69) is 10.6 Å². The van der Waals surface area contributed by atoms with Gasteiger partial charge in [-0.1, -0.05) is 13.8 Å². The highest BCUT2D eigenvalue weighted by molar-refractivity contribution is 5.87. The van der Waals surface area contributed by atoms with E-state index in [9.17, 15) is 9.59 Å². The van der Waals surface area contributed by atoms with E-state index >= 15 is 0 Å². The fraction of sp³-hybridized carbons (Fsp3) is 0.471. The molecule has 0 fully saturated rings. The number of benzene rings is 1. The van der Waals surface area contributed by atoms with Gasteiger partial charge < -0.3 is 21.1 Å². The molecule has 0 aliphatic carbocycles. The Morgan fingerprint density at radius 3 is 2.43 bits per heavy atom. The van der Waals surface area contributed by atoms with Crippen LogP contribution in [0.1, 0.15) is 27.2 Å². The summed E-state index contributed by atoms with van der Waals surface area (Å²) in [5, 5.41) is 6.08. The van der Waals surface area contributed by atoms with Crippen LogP contribution in [0.25, 0.3) is 0 Å². The lowest BCUT2D eigenvalue weighted by Gasteiger charge is -2.20. The highest BCUT2D eigenvalue weighted by Gasteiger charge is 2.25. The Morgan fingerprint density at radius 1 is 1.30 bits per heavy atom. The molecule has 0 aliphatic heterocycles. The van der Waals surface area contributed by atoms with Gasteiger partial charge in [0.25, 0.3) is 0 Å². The number of amides is 2. The summed E-state index contributed by atoms with van der Waals surface area (Å²) in [4.78, 5) is 23.1. The van der Waals surface area contributed by atoms with Crippen LogP contribution in [0, 0.1) is 11.8 Å². The molecule has 127 valence electrons. The molecule has 6 nitrogen and oxygen atoms in total. The van der Waals surface area contributed by atoms with Gasteiger partial charge in [0, 0.05) is 23.7 Å². The van der Waals surface area contributed by atoms with Crippen LogP contribution in [0.5, 0.6) is 5.75 Å². The zero-order chi connectivity index (χ0) is 17.5. The van der Waals surface area contributed by atoms with E-state index in [1.54, 1.807) is 21.0 Å². The number of hydrogen-bond acceptors (Lipinski definition) is 4. The first-order valence-corrected chi connectivity index (χ1v) is 7.56. The van der Waals surface area contributed by atoms with Crippen molar-refractivity contribution in [2.24, 2.45) is 11.1 Å². The molecule has 0 saturated heterocycles. The summed E-state index contributed by atoms with van der Waals surface area (Å²) in [6.45, 7) is 5.92. The van der Waals surface area contributed by atoms with Crippen LogP contribution < -0.4 is 21.1 Å². The molecule has 1 rings (SSSR count). The first kappa shape index (κ1) is 18.8. The first-order valence-electron chi connectivity index (χ1n) is 7.56. The number of rotatable bonds is 9. The molecule has 0 unspecified atom stereocenters. The summed E-state index contributed by atoms with van der Waals surface area (Å²) in [5.74, 6) is 0.169. The maximum Gasteiger partial charge on any atom is 0.224 e. The predicted octanol–water partition coefficient (Wildman–Crippen LogP) is 1.72. The van der Waals surface area contributed by atoms with Gasteiger partial charge >= 0.3 is 0 Å². The third kappa shape index (κ3) is 6.59. The lowest BCUT2D eigenvalue weighted by molar-refractivity contribution is -0.126. The SMILES string of the molecule is COc1ccc(NC[C@H](C)NC(=O)[CH]CC(C)(C)C(N)=O)cc1. The number of primary amides is 1. The van der Waals surface area contributed by atoms with E-state index in [0.29, 0.717) is 13.0 Å². The van der Waals surface area contributed by atoms with Gasteiger partial charge in [-0.25, -0.2) is 0 Å². The maximum absolute atomic E-state index is 11.9. The number of hydrogen-bond donors (Lipinski definition) is 3. The molecule has 1 aromatic carbocycles. The molecule has 6 heteroatoms. The van der Waals surface area contributed by atoms with Crippen LogP contribution in [-0.4, -0.2) is 31.5 Å². The average molecular weight is 320 g/mol. The molecule has 1 aromatic rings. The van der Waals surface area contributed by atoms with E-state index in [0.717, 1.165) is 11.4 Å². The maximum atomic E-state index is 11.9. The van der Waals surface area contributed by atoms with Crippen molar-refractivity contribution in [3.05, 3.63) is 30.7 Å². The second kappa shape index (κ2) is 8.41. The van der Waals surface area contributed by atoms with Crippen LogP contribution in [-0.2, 0) is 9.59 Å². The fourth-order valence-electron chi connectivity index (χ4n) is 1.78. The topological polar surface area (TPSA) is 93.4 Å². The van der Waals surface area contributed by atoms with Crippen molar-refractivity contribution in [1.82, 2.24) is 5.32 Å². The lowest BCUT2D eigenvalue weighted by atomic mass is 9.87. The van der Waals surface area contributed by atoms with Crippen molar-refractivity contribution < 1.29 is 14.3 Å². The van der Waals surface area contributed by atoms with Crippen LogP contribution in [0.2, 0.25) is 0 Å². The van der Waals surface area contributed by atoms with Crippen LogP contribution in [0.3, 0.4) is 0 Å². The zero-order valence-corrected chi connectivity index (χ0v) is 14.2. The van der Waals surface area contributed by atoms with Crippen LogP contribution >= 0.6 is 0 Å². The number of nitrogens with two attached hydrogens (primary N) is 1. The van der Waals surface area contributed by atoms with E-state index in [-0.39, 0.29) is 11.9 Å². The Morgan fingerprint density at radius 2 is 1.91 bits per heavy atom. The largest absolute Gasteiger partial charge is 0.497 e. The average Bonchev–Trinajstić information content (AvgIpc) is 2.51. The minimum absolute atomic E-state index is 0.0578. The number of methoxy groups -OCH3 is 1. The van der Waals surface area contributed by atoms with Crippen molar-refractivity contribution in [3.8, 4) is 5.75 Å². The Balaban J connectivity index is 2.33. The molecule has 1 atom stereocenters. The zero-order valence-electron chi connectivity index (χ0n) is 14.2. The number of nitrogens with one attached hydrogen (secondary N) is 2. The summed E-state index contributed by atoms with van der Waals surface area (Å²) in [6, 6.07) is 7.50. The molecular weight excluding hydrogens is 294 g/mol. The van der Waals surface area contributed by atoms with Gasteiger partial charge in [0.1, 0.15) is 5.75 Å². The van der Waals surface area contributed by atoms with Crippen LogP contribution in [0.4, 0.5) is 5.69 Å². The van der Waals surface area contributed by atoms with Gasteiger partial charge in [0.15, 0.2) is 0 Å². The molecule has 0 bridgehead atoms. The molecule has 4 N–H and O–H groups in total. The smallest absolute Gasteiger partial charge is 0.224 e. The standard InChI is InChI=1S/C17H26N3O3/c1-12(11-19-13-5-7-14(23-4)8-6-13)20-15(21)9-10-17(2,3)16(18)22/h5-9,12,19H,10-11H2,1-4H3,(H2,18,22)(H,20,21)/t12-/m0/s1. The van der Waals surface area contributed by atoms with E-state index in [4.69, 9.17) is 10.5 Å². The van der Waals surface area contributed by atoms with Crippen LogP contribution in [0.15, 0.2) is 24.3 Å². The summed E-state index contributed by atoms with van der Waals surface area (Å²) in [6.07, 6.45) is 1.78. The summed E-state index contributed by atoms with van der Waals surface area (Å²) >= 11 is 0. The quantitative estimate of drug-likeness (QED) is 0.646. The third-order valence-corrected chi connectivity index (χ3v) is 3.56. The molecule has 1 radical (unpaired) electrons. The molecule has 0 saturated carbocycles. The number of carbonyl (C=O) groups excluding carboxylic acids is 2. The summed E-state index contributed by atoms with van der Waals surface area (Å²) in [7, 11) is 1.62. The van der Waals surface area contributed by atoms with Gasteiger partial charge in [-0.05, 0) is 37.6 Å². The Bertz CT molecular complexity index is 526. The monoisotopic (exact) mass is 320 g/mol. The Labute approximate surface area is 137 Å². The van der Waals surface area contributed by atoms with Crippen molar-refractivity contribution in [2.75, 3.05) is 19.0 Å². The van der Waals surface area contributed by atoms with Gasteiger partial charge in [-0.3, -0.25) is 9.59 Å². The van der Waals surface area contributed by atoms with Crippen molar-refractivity contribution in [1.29, 1.82) is 0 Å². The molecule has 23 heavy (non-hydrogen) atoms.